The van der Waals surface area contributed by atoms with Gasteiger partial charge in [0.25, 0.3) is 11.8 Å². The predicted octanol–water partition coefficient (Wildman–Crippen LogP) is 5.79. The van der Waals surface area contributed by atoms with Crippen molar-refractivity contribution >= 4 is 63.0 Å². The van der Waals surface area contributed by atoms with Gasteiger partial charge in [-0.2, -0.15) is 0 Å². The first-order chi connectivity index (χ1) is 15.1. The van der Waals surface area contributed by atoms with Gasteiger partial charge < -0.3 is 4.90 Å². The van der Waals surface area contributed by atoms with Gasteiger partial charge in [0.2, 0.25) is 0 Å². The van der Waals surface area contributed by atoms with Gasteiger partial charge in [-0.25, -0.2) is 0 Å². The smallest absolute Gasteiger partial charge is 0.267 e. The topological polar surface area (TPSA) is 40.6 Å². The lowest BCUT2D eigenvalue weighted by Gasteiger charge is -2.29. The third-order valence-corrected chi connectivity index (χ3v) is 7.95. The van der Waals surface area contributed by atoms with Gasteiger partial charge in [-0.15, -0.1) is 0 Å². The standard InChI is InChI=1S/C24H21ClN2O2S2/c25-18-12-6-4-8-15(18)14-26-19-13-7-5-11-17(19)20(22(26)28)21-23(29)27(24(30)31-21)16-9-2-1-3-10-16/h4-8,11-13,16H,1-3,9-10,14H2. The summed E-state index contributed by atoms with van der Waals surface area (Å²) >= 11 is 13.2. The van der Waals surface area contributed by atoms with Gasteiger partial charge in [-0.1, -0.05) is 91.2 Å². The molecule has 4 nitrogen and oxygen atoms in total. The number of carbonyl (C=O) groups excluding carboxylic acids is 2. The Bertz CT molecular complexity index is 1120. The van der Waals surface area contributed by atoms with E-state index in [-0.39, 0.29) is 17.9 Å². The summed E-state index contributed by atoms with van der Waals surface area (Å²) < 4.78 is 0.564. The van der Waals surface area contributed by atoms with Gasteiger partial charge in [-0.3, -0.25) is 14.5 Å². The van der Waals surface area contributed by atoms with Crippen LogP contribution in [0.2, 0.25) is 5.02 Å². The molecule has 2 heterocycles. The van der Waals surface area contributed by atoms with Crippen LogP contribution in [-0.4, -0.2) is 27.1 Å². The second-order valence-electron chi connectivity index (χ2n) is 8.04. The molecular weight excluding hydrogens is 448 g/mol. The molecule has 5 rings (SSSR count). The number of carbonyl (C=O) groups is 2. The summed E-state index contributed by atoms with van der Waals surface area (Å²) in [6, 6.07) is 15.3. The fraction of sp³-hybridized carbons (Fsp3) is 0.292. The SMILES string of the molecule is O=C1C(=C2SC(=S)N(C3CCCCC3)C2=O)c2ccccc2N1Cc1ccccc1Cl. The van der Waals surface area contributed by atoms with E-state index in [1.807, 2.05) is 48.5 Å². The van der Waals surface area contributed by atoms with Crippen LogP contribution in [0.5, 0.6) is 0 Å². The molecule has 1 saturated heterocycles. The number of anilines is 1. The number of para-hydroxylation sites is 1. The third kappa shape index (κ3) is 3.60. The van der Waals surface area contributed by atoms with Crippen LogP contribution in [-0.2, 0) is 16.1 Å². The van der Waals surface area contributed by atoms with Gasteiger partial charge in [0, 0.05) is 16.6 Å². The quantitative estimate of drug-likeness (QED) is 0.422. The molecule has 0 bridgehead atoms. The van der Waals surface area contributed by atoms with Crippen molar-refractivity contribution in [1.29, 1.82) is 0 Å². The molecule has 158 valence electrons. The number of amides is 2. The summed E-state index contributed by atoms with van der Waals surface area (Å²) in [7, 11) is 0. The maximum atomic E-state index is 13.6. The predicted molar refractivity (Wildman–Crippen MR) is 130 cm³/mol. The monoisotopic (exact) mass is 468 g/mol. The van der Waals surface area contributed by atoms with Crippen molar-refractivity contribution in [2.45, 2.75) is 44.7 Å². The van der Waals surface area contributed by atoms with Crippen molar-refractivity contribution < 1.29 is 9.59 Å². The van der Waals surface area contributed by atoms with Crippen LogP contribution in [0, 0.1) is 0 Å². The third-order valence-electron chi connectivity index (χ3n) is 6.18. The van der Waals surface area contributed by atoms with Gasteiger partial charge in [0.15, 0.2) is 0 Å². The molecule has 2 aromatic carbocycles. The van der Waals surface area contributed by atoms with E-state index in [9.17, 15) is 9.59 Å². The van der Waals surface area contributed by atoms with Gasteiger partial charge in [0.05, 0.1) is 22.7 Å². The molecule has 0 atom stereocenters. The van der Waals surface area contributed by atoms with Crippen LogP contribution >= 0.6 is 35.6 Å². The van der Waals surface area contributed by atoms with Gasteiger partial charge >= 0.3 is 0 Å². The minimum atomic E-state index is -0.176. The van der Waals surface area contributed by atoms with Gasteiger partial charge in [0.1, 0.15) is 4.32 Å². The Morgan fingerprint density at radius 2 is 1.68 bits per heavy atom. The number of thioether (sulfide) groups is 1. The highest BCUT2D eigenvalue weighted by Crippen LogP contribution is 2.46. The Hall–Kier alpha value is -2.15. The number of hydrogen-bond acceptors (Lipinski definition) is 4. The number of nitrogens with zero attached hydrogens (tertiary/aromatic N) is 2. The Labute approximate surface area is 196 Å². The molecule has 2 aliphatic heterocycles. The number of thiocarbonyl (C=S) groups is 1. The fourth-order valence-corrected chi connectivity index (χ4v) is 6.31. The fourth-order valence-electron chi connectivity index (χ4n) is 4.64. The maximum absolute atomic E-state index is 13.6. The summed E-state index contributed by atoms with van der Waals surface area (Å²) in [5.41, 5.74) is 2.90. The molecule has 2 fully saturated rings. The summed E-state index contributed by atoms with van der Waals surface area (Å²) in [6.07, 6.45) is 5.37. The zero-order chi connectivity index (χ0) is 21.5. The van der Waals surface area contributed by atoms with Crippen LogP contribution in [0.25, 0.3) is 5.57 Å². The molecule has 3 aliphatic rings. The Morgan fingerprint density at radius 3 is 2.45 bits per heavy atom. The molecule has 1 aliphatic carbocycles. The molecule has 0 N–H and O–H groups in total. The van der Waals surface area contributed by atoms with Crippen molar-refractivity contribution in [3.63, 3.8) is 0 Å². The van der Waals surface area contributed by atoms with Crippen LogP contribution < -0.4 is 4.90 Å². The summed E-state index contributed by atoms with van der Waals surface area (Å²) in [5, 5.41) is 0.616. The van der Waals surface area contributed by atoms with Crippen molar-refractivity contribution in [3.8, 4) is 0 Å². The maximum Gasteiger partial charge on any atom is 0.267 e. The summed E-state index contributed by atoms with van der Waals surface area (Å²) in [6.45, 7) is 0.349. The minimum absolute atomic E-state index is 0.125. The van der Waals surface area contributed by atoms with Gasteiger partial charge in [-0.05, 0) is 30.5 Å². The zero-order valence-electron chi connectivity index (χ0n) is 16.8. The largest absolute Gasteiger partial charge is 0.303 e. The Balaban J connectivity index is 1.54. The molecule has 0 radical (unpaired) electrons. The Kier molecular flexibility index (Phi) is 5.63. The molecule has 1 saturated carbocycles. The first-order valence-corrected chi connectivity index (χ1v) is 12.1. The van der Waals surface area contributed by atoms with E-state index in [4.69, 9.17) is 23.8 Å². The van der Waals surface area contributed by atoms with Crippen LogP contribution in [0.1, 0.15) is 43.2 Å². The lowest BCUT2D eigenvalue weighted by atomic mass is 9.94. The van der Waals surface area contributed by atoms with Crippen molar-refractivity contribution in [1.82, 2.24) is 4.90 Å². The van der Waals surface area contributed by atoms with Crippen molar-refractivity contribution in [3.05, 3.63) is 69.6 Å². The molecule has 2 amide bonds. The van der Waals surface area contributed by atoms with E-state index < -0.39 is 0 Å². The van der Waals surface area contributed by atoms with E-state index in [2.05, 4.69) is 0 Å². The normalized spacial score (nSPS) is 21.9. The molecule has 0 unspecified atom stereocenters. The second kappa shape index (κ2) is 8.41. The number of fused-ring (bicyclic) bond motifs is 1. The lowest BCUT2D eigenvalue weighted by molar-refractivity contribution is -0.124. The second-order valence-corrected chi connectivity index (χ2v) is 10.1. The molecule has 0 spiro atoms. The highest BCUT2D eigenvalue weighted by atomic mass is 35.5. The van der Waals surface area contributed by atoms with Crippen LogP contribution in [0.4, 0.5) is 5.69 Å². The molecule has 0 aromatic heterocycles. The first-order valence-electron chi connectivity index (χ1n) is 10.5. The summed E-state index contributed by atoms with van der Waals surface area (Å²) in [5.74, 6) is -0.301. The summed E-state index contributed by atoms with van der Waals surface area (Å²) in [4.78, 5) is 31.0. The average molecular weight is 469 g/mol. The number of hydrogen-bond donors (Lipinski definition) is 0. The highest BCUT2D eigenvalue weighted by molar-refractivity contribution is 8.26. The number of rotatable bonds is 3. The number of halogens is 1. The van der Waals surface area contributed by atoms with E-state index in [1.165, 1.54) is 18.2 Å². The van der Waals surface area contributed by atoms with Crippen molar-refractivity contribution in [2.24, 2.45) is 0 Å². The minimum Gasteiger partial charge on any atom is -0.303 e. The molecule has 7 heteroatoms. The molecule has 2 aromatic rings. The Morgan fingerprint density at radius 1 is 0.968 bits per heavy atom. The first kappa shape index (κ1) is 20.7. The molecular formula is C24H21ClN2O2S2. The van der Waals surface area contributed by atoms with E-state index >= 15 is 0 Å². The lowest BCUT2D eigenvalue weighted by Crippen LogP contribution is -2.40. The average Bonchev–Trinajstić information content (AvgIpc) is 3.22. The molecule has 31 heavy (non-hydrogen) atoms. The van der Waals surface area contributed by atoms with E-state index in [0.29, 0.717) is 26.4 Å². The van der Waals surface area contributed by atoms with E-state index in [0.717, 1.165) is 42.5 Å². The highest BCUT2D eigenvalue weighted by Gasteiger charge is 2.44. The van der Waals surface area contributed by atoms with Crippen LogP contribution in [0.3, 0.4) is 0 Å². The van der Waals surface area contributed by atoms with Crippen LogP contribution in [0.15, 0.2) is 53.4 Å². The number of benzene rings is 2. The van der Waals surface area contributed by atoms with E-state index in [1.54, 1.807) is 9.80 Å². The zero-order valence-corrected chi connectivity index (χ0v) is 19.2. The van der Waals surface area contributed by atoms with Crippen molar-refractivity contribution in [2.75, 3.05) is 4.90 Å².